The van der Waals surface area contributed by atoms with Gasteiger partial charge in [0.25, 0.3) is 15.0 Å². The SMILES string of the molecule is CCC(C)(C)NC(=O)c1n[nH]c(C)c1S(=O)(=O)Cl. The fourth-order valence-corrected chi connectivity index (χ4v) is 2.67. The van der Waals surface area contributed by atoms with Crippen LogP contribution in [-0.2, 0) is 9.05 Å². The number of aryl methyl sites for hydroxylation is 1. The quantitative estimate of drug-likeness (QED) is 0.824. The summed E-state index contributed by atoms with van der Waals surface area (Å²) in [5.74, 6) is -0.564. The average molecular weight is 294 g/mol. The van der Waals surface area contributed by atoms with Crippen LogP contribution in [0.15, 0.2) is 4.90 Å². The van der Waals surface area contributed by atoms with Gasteiger partial charge >= 0.3 is 0 Å². The Balaban J connectivity index is 3.17. The molecule has 102 valence electrons. The van der Waals surface area contributed by atoms with Crippen molar-refractivity contribution >= 4 is 25.6 Å². The Hall–Kier alpha value is -1.08. The molecular formula is C10H16ClN3O3S. The third kappa shape index (κ3) is 3.23. The van der Waals surface area contributed by atoms with Gasteiger partial charge in [-0.2, -0.15) is 5.10 Å². The molecule has 1 aromatic heterocycles. The van der Waals surface area contributed by atoms with E-state index < -0.39 is 20.5 Å². The zero-order chi connectivity index (χ0) is 14.1. The van der Waals surface area contributed by atoms with Gasteiger partial charge in [-0.3, -0.25) is 9.89 Å². The molecular weight excluding hydrogens is 278 g/mol. The Bertz CT molecular complexity index is 563. The summed E-state index contributed by atoms with van der Waals surface area (Å²) < 4.78 is 22.8. The second kappa shape index (κ2) is 4.89. The Morgan fingerprint density at radius 2 is 2.06 bits per heavy atom. The highest BCUT2D eigenvalue weighted by Crippen LogP contribution is 2.22. The maximum atomic E-state index is 12.0. The van der Waals surface area contributed by atoms with Crippen LogP contribution < -0.4 is 5.32 Å². The molecule has 0 bridgehead atoms. The van der Waals surface area contributed by atoms with E-state index in [1.807, 2.05) is 20.8 Å². The van der Waals surface area contributed by atoms with E-state index >= 15 is 0 Å². The topological polar surface area (TPSA) is 91.9 Å². The third-order valence-electron chi connectivity index (χ3n) is 2.69. The molecule has 1 heterocycles. The van der Waals surface area contributed by atoms with Crippen molar-refractivity contribution in [2.24, 2.45) is 0 Å². The number of aromatic amines is 1. The Labute approximate surface area is 111 Å². The van der Waals surface area contributed by atoms with E-state index in [0.29, 0.717) is 6.42 Å². The summed E-state index contributed by atoms with van der Waals surface area (Å²) >= 11 is 0. The summed E-state index contributed by atoms with van der Waals surface area (Å²) in [6.45, 7) is 7.07. The van der Waals surface area contributed by atoms with Crippen LogP contribution in [0, 0.1) is 6.92 Å². The number of nitrogens with zero attached hydrogens (tertiary/aromatic N) is 1. The van der Waals surface area contributed by atoms with Crippen LogP contribution in [0.5, 0.6) is 0 Å². The lowest BCUT2D eigenvalue weighted by Crippen LogP contribution is -2.43. The van der Waals surface area contributed by atoms with E-state index in [1.165, 1.54) is 6.92 Å². The lowest BCUT2D eigenvalue weighted by molar-refractivity contribution is 0.0902. The van der Waals surface area contributed by atoms with Crippen molar-refractivity contribution in [3.63, 3.8) is 0 Å². The average Bonchev–Trinajstić information content (AvgIpc) is 2.59. The van der Waals surface area contributed by atoms with E-state index in [1.54, 1.807) is 0 Å². The molecule has 0 spiro atoms. The summed E-state index contributed by atoms with van der Waals surface area (Å²) in [5.41, 5.74) is -0.412. The van der Waals surface area contributed by atoms with E-state index in [0.717, 1.165) is 0 Å². The molecule has 0 aliphatic carbocycles. The molecule has 1 amide bonds. The lowest BCUT2D eigenvalue weighted by Gasteiger charge is -2.23. The summed E-state index contributed by atoms with van der Waals surface area (Å²) in [4.78, 5) is 11.7. The van der Waals surface area contributed by atoms with Crippen molar-refractivity contribution in [3.8, 4) is 0 Å². The minimum absolute atomic E-state index is 0.205. The first-order valence-corrected chi connectivity index (χ1v) is 7.71. The molecule has 1 rings (SSSR count). The zero-order valence-corrected chi connectivity index (χ0v) is 12.2. The van der Waals surface area contributed by atoms with Crippen molar-refractivity contribution in [3.05, 3.63) is 11.4 Å². The lowest BCUT2D eigenvalue weighted by atomic mass is 10.0. The first-order valence-electron chi connectivity index (χ1n) is 5.40. The predicted octanol–water partition coefficient (Wildman–Crippen LogP) is 1.56. The Morgan fingerprint density at radius 1 is 1.50 bits per heavy atom. The third-order valence-corrected chi connectivity index (χ3v) is 4.14. The van der Waals surface area contributed by atoms with Crippen LogP contribution in [0.1, 0.15) is 43.4 Å². The molecule has 0 aliphatic rings. The van der Waals surface area contributed by atoms with E-state index in [2.05, 4.69) is 15.5 Å². The molecule has 1 aromatic rings. The van der Waals surface area contributed by atoms with Crippen molar-refractivity contribution in [2.45, 2.75) is 44.6 Å². The van der Waals surface area contributed by atoms with Gasteiger partial charge in [0.1, 0.15) is 4.90 Å². The molecule has 8 heteroatoms. The van der Waals surface area contributed by atoms with Crippen molar-refractivity contribution in [1.29, 1.82) is 0 Å². The number of H-pyrrole nitrogens is 1. The molecule has 0 saturated carbocycles. The molecule has 0 radical (unpaired) electrons. The summed E-state index contributed by atoms with van der Waals surface area (Å²) in [5, 5.41) is 8.86. The van der Waals surface area contributed by atoms with E-state index in [9.17, 15) is 13.2 Å². The normalized spacial score (nSPS) is 12.5. The number of rotatable bonds is 4. The number of aromatic nitrogens is 2. The number of hydrogen-bond donors (Lipinski definition) is 2. The molecule has 0 fully saturated rings. The Kier molecular flexibility index (Phi) is 4.07. The maximum Gasteiger partial charge on any atom is 0.273 e. The fourth-order valence-electron chi connectivity index (χ4n) is 1.33. The molecule has 2 N–H and O–H groups in total. The highest BCUT2D eigenvalue weighted by atomic mass is 35.7. The van der Waals surface area contributed by atoms with Crippen LogP contribution in [0.4, 0.5) is 0 Å². The van der Waals surface area contributed by atoms with Crippen LogP contribution in [0.2, 0.25) is 0 Å². The largest absolute Gasteiger partial charge is 0.346 e. The van der Waals surface area contributed by atoms with Crippen molar-refractivity contribution in [2.75, 3.05) is 0 Å². The van der Waals surface area contributed by atoms with Crippen LogP contribution >= 0.6 is 10.7 Å². The number of carbonyl (C=O) groups is 1. The highest BCUT2D eigenvalue weighted by molar-refractivity contribution is 8.13. The van der Waals surface area contributed by atoms with Crippen LogP contribution in [0.3, 0.4) is 0 Å². The van der Waals surface area contributed by atoms with Crippen LogP contribution in [-0.4, -0.2) is 30.1 Å². The van der Waals surface area contributed by atoms with Crippen LogP contribution in [0.25, 0.3) is 0 Å². The zero-order valence-electron chi connectivity index (χ0n) is 10.7. The number of hydrogen-bond acceptors (Lipinski definition) is 4. The van der Waals surface area contributed by atoms with Gasteiger partial charge in [-0.05, 0) is 27.2 Å². The minimum Gasteiger partial charge on any atom is -0.346 e. The molecule has 18 heavy (non-hydrogen) atoms. The first-order chi connectivity index (χ1) is 8.08. The van der Waals surface area contributed by atoms with Gasteiger partial charge in [0.15, 0.2) is 5.69 Å². The van der Waals surface area contributed by atoms with Crippen molar-refractivity contribution < 1.29 is 13.2 Å². The number of nitrogens with one attached hydrogen (secondary N) is 2. The number of amides is 1. The van der Waals surface area contributed by atoms with Gasteiger partial charge in [0.2, 0.25) is 0 Å². The Morgan fingerprint density at radius 3 is 2.50 bits per heavy atom. The second-order valence-electron chi connectivity index (χ2n) is 4.66. The minimum atomic E-state index is -4.01. The molecule has 6 nitrogen and oxygen atoms in total. The highest BCUT2D eigenvalue weighted by Gasteiger charge is 2.29. The summed E-state index contributed by atoms with van der Waals surface area (Å²) in [6, 6.07) is 0. The first kappa shape index (κ1) is 15.0. The molecule has 0 atom stereocenters. The van der Waals surface area contributed by atoms with Gasteiger partial charge < -0.3 is 5.32 Å². The monoisotopic (exact) mass is 293 g/mol. The fraction of sp³-hybridized carbons (Fsp3) is 0.600. The van der Waals surface area contributed by atoms with Crippen molar-refractivity contribution in [1.82, 2.24) is 15.5 Å². The van der Waals surface area contributed by atoms with Gasteiger partial charge in [-0.15, -0.1) is 0 Å². The van der Waals surface area contributed by atoms with Gasteiger partial charge in [-0.1, -0.05) is 6.92 Å². The molecule has 0 aromatic carbocycles. The second-order valence-corrected chi connectivity index (χ2v) is 7.16. The van der Waals surface area contributed by atoms with E-state index in [-0.39, 0.29) is 16.3 Å². The van der Waals surface area contributed by atoms with Gasteiger partial charge in [-0.25, -0.2) is 8.42 Å². The van der Waals surface area contributed by atoms with Gasteiger partial charge in [0, 0.05) is 16.2 Å². The molecule has 0 saturated heterocycles. The van der Waals surface area contributed by atoms with E-state index in [4.69, 9.17) is 10.7 Å². The number of carbonyl (C=O) groups excluding carboxylic acids is 1. The molecule has 0 aliphatic heterocycles. The maximum absolute atomic E-state index is 12.0. The summed E-state index contributed by atoms with van der Waals surface area (Å²) in [7, 11) is 1.28. The number of halogens is 1. The predicted molar refractivity (Wildman–Crippen MR) is 68.2 cm³/mol. The molecule has 0 unspecified atom stereocenters. The smallest absolute Gasteiger partial charge is 0.273 e. The standard InChI is InChI=1S/C10H16ClN3O3S/c1-5-10(3,4)12-9(15)7-8(18(11,16)17)6(2)13-14-7/h5H2,1-4H3,(H,12,15)(H,13,14). The van der Waals surface area contributed by atoms with Gasteiger partial charge in [0.05, 0.1) is 5.69 Å². The summed E-state index contributed by atoms with van der Waals surface area (Å²) in [6.07, 6.45) is 0.700.